The van der Waals surface area contributed by atoms with Gasteiger partial charge in [0.15, 0.2) is 12.4 Å². The zero-order chi connectivity index (χ0) is 19.3. The van der Waals surface area contributed by atoms with Crippen molar-refractivity contribution in [3.63, 3.8) is 0 Å². The molecule has 0 spiro atoms. The van der Waals surface area contributed by atoms with Gasteiger partial charge in [-0.1, -0.05) is 5.16 Å². The molecule has 9 nitrogen and oxygen atoms in total. The Morgan fingerprint density at radius 2 is 2.04 bits per heavy atom. The average molecular weight is 382 g/mol. The Morgan fingerprint density at radius 3 is 2.70 bits per heavy atom. The molecule has 2 aromatic heterocycles. The van der Waals surface area contributed by atoms with Crippen LogP contribution in [0, 0.1) is 0 Å². The summed E-state index contributed by atoms with van der Waals surface area (Å²) in [6, 6.07) is 5.56. The Morgan fingerprint density at radius 1 is 1.26 bits per heavy atom. The second-order valence-corrected chi connectivity index (χ2v) is 5.32. The third-order valence-corrected chi connectivity index (χ3v) is 3.20. The lowest BCUT2D eigenvalue weighted by molar-refractivity contribution is -0.153. The van der Waals surface area contributed by atoms with Gasteiger partial charge in [0.05, 0.1) is 0 Å². The summed E-state index contributed by atoms with van der Waals surface area (Å²) in [7, 11) is 0. The lowest BCUT2D eigenvalue weighted by Crippen LogP contribution is -2.19. The van der Waals surface area contributed by atoms with Crippen LogP contribution in [-0.2, 0) is 11.2 Å². The number of aryl methyl sites for hydroxylation is 1. The van der Waals surface area contributed by atoms with Crippen LogP contribution in [0.4, 0.5) is 18.9 Å². The number of carbonyl (C=O) groups excluding carboxylic acids is 1. The zero-order valence-electron chi connectivity index (χ0n) is 13.7. The minimum Gasteiger partial charge on any atom is -0.484 e. The van der Waals surface area contributed by atoms with E-state index in [0.29, 0.717) is 11.5 Å². The van der Waals surface area contributed by atoms with Gasteiger partial charge in [0.2, 0.25) is 17.6 Å². The second kappa shape index (κ2) is 7.85. The van der Waals surface area contributed by atoms with Crippen molar-refractivity contribution in [3.8, 4) is 17.4 Å². The number of benzene rings is 1. The molecule has 0 fully saturated rings. The molecule has 0 bridgehead atoms. The van der Waals surface area contributed by atoms with E-state index in [1.807, 2.05) is 0 Å². The monoisotopic (exact) mass is 382 g/mol. The molecule has 0 radical (unpaired) electrons. The standard InChI is InChI=1S/C15H13F3N6O3/c16-15(17,18)7-26-10-3-1-9(2-4-10)21-11(25)5-6-12-22-14(24-27-12)13-19-8-20-23-13/h1-4,8H,5-7H2,(H,21,25)(H,19,20,23). The number of halogens is 3. The number of hydrogen-bond acceptors (Lipinski definition) is 7. The lowest BCUT2D eigenvalue weighted by atomic mass is 10.2. The number of nitrogens with zero attached hydrogens (tertiary/aromatic N) is 4. The number of ether oxygens (including phenoxy) is 1. The number of aromatic amines is 1. The minimum absolute atomic E-state index is 0.0520. The Balaban J connectivity index is 1.46. The summed E-state index contributed by atoms with van der Waals surface area (Å²) in [4.78, 5) is 19.9. The highest BCUT2D eigenvalue weighted by Gasteiger charge is 2.28. The van der Waals surface area contributed by atoms with Crippen LogP contribution in [0.15, 0.2) is 35.1 Å². The molecule has 12 heteroatoms. The largest absolute Gasteiger partial charge is 0.484 e. The molecule has 1 aromatic carbocycles. The normalized spacial score (nSPS) is 11.4. The third kappa shape index (κ3) is 5.52. The van der Waals surface area contributed by atoms with Gasteiger partial charge in [-0.05, 0) is 24.3 Å². The fourth-order valence-electron chi connectivity index (χ4n) is 2.01. The molecule has 1 amide bonds. The summed E-state index contributed by atoms with van der Waals surface area (Å²) in [5.74, 6) is 0.571. The number of anilines is 1. The molecular weight excluding hydrogens is 369 g/mol. The van der Waals surface area contributed by atoms with Gasteiger partial charge in [-0.15, -0.1) is 0 Å². The summed E-state index contributed by atoms with van der Waals surface area (Å²) in [5, 5.41) is 12.6. The summed E-state index contributed by atoms with van der Waals surface area (Å²) >= 11 is 0. The molecule has 27 heavy (non-hydrogen) atoms. The minimum atomic E-state index is -4.41. The van der Waals surface area contributed by atoms with Crippen molar-refractivity contribution < 1.29 is 27.2 Å². The van der Waals surface area contributed by atoms with E-state index < -0.39 is 12.8 Å². The van der Waals surface area contributed by atoms with Crippen LogP contribution in [0.5, 0.6) is 5.75 Å². The predicted molar refractivity (Wildman–Crippen MR) is 84.6 cm³/mol. The van der Waals surface area contributed by atoms with E-state index >= 15 is 0 Å². The molecule has 0 saturated heterocycles. The van der Waals surface area contributed by atoms with Crippen LogP contribution in [-0.4, -0.2) is 44.0 Å². The van der Waals surface area contributed by atoms with E-state index in [2.05, 4.69) is 35.4 Å². The smallest absolute Gasteiger partial charge is 0.422 e. The first-order chi connectivity index (χ1) is 12.9. The number of carbonyl (C=O) groups is 1. The zero-order valence-corrected chi connectivity index (χ0v) is 13.7. The SMILES string of the molecule is O=C(CCc1nc(-c2ncn[nH]2)no1)Nc1ccc(OCC(F)(F)F)cc1. The molecule has 3 aromatic rings. The second-order valence-electron chi connectivity index (χ2n) is 5.32. The fraction of sp³-hybridized carbons (Fsp3) is 0.267. The molecule has 0 atom stereocenters. The maximum absolute atomic E-state index is 12.1. The molecule has 3 rings (SSSR count). The first-order valence-corrected chi connectivity index (χ1v) is 7.67. The predicted octanol–water partition coefficient (Wildman–Crippen LogP) is 2.37. The number of nitrogens with one attached hydrogen (secondary N) is 2. The van der Waals surface area contributed by atoms with Gasteiger partial charge in [-0.3, -0.25) is 9.89 Å². The molecule has 0 aliphatic carbocycles. The Bertz CT molecular complexity index is 877. The van der Waals surface area contributed by atoms with E-state index in [-0.39, 0.29) is 36.2 Å². The summed E-state index contributed by atoms with van der Waals surface area (Å²) in [5.41, 5.74) is 0.423. The lowest BCUT2D eigenvalue weighted by Gasteiger charge is -2.10. The Kier molecular flexibility index (Phi) is 5.33. The van der Waals surface area contributed by atoms with Crippen LogP contribution in [0.3, 0.4) is 0 Å². The quantitative estimate of drug-likeness (QED) is 0.644. The number of H-pyrrole nitrogens is 1. The van der Waals surface area contributed by atoms with Gasteiger partial charge in [0.1, 0.15) is 12.1 Å². The van der Waals surface area contributed by atoms with Crippen molar-refractivity contribution in [1.82, 2.24) is 25.3 Å². The van der Waals surface area contributed by atoms with E-state index in [9.17, 15) is 18.0 Å². The highest BCUT2D eigenvalue weighted by Crippen LogP contribution is 2.20. The fourth-order valence-corrected chi connectivity index (χ4v) is 2.01. The maximum Gasteiger partial charge on any atom is 0.422 e. The van der Waals surface area contributed by atoms with Crippen molar-refractivity contribution >= 4 is 11.6 Å². The first kappa shape index (κ1) is 18.4. The van der Waals surface area contributed by atoms with Gasteiger partial charge < -0.3 is 14.6 Å². The molecular formula is C15H13F3N6O3. The molecule has 142 valence electrons. The van der Waals surface area contributed by atoms with E-state index in [4.69, 9.17) is 4.52 Å². The Labute approximate surface area is 149 Å². The summed E-state index contributed by atoms with van der Waals surface area (Å²) in [6.07, 6.45) is -2.82. The number of aromatic nitrogens is 5. The van der Waals surface area contributed by atoms with E-state index in [1.54, 1.807) is 0 Å². The van der Waals surface area contributed by atoms with Gasteiger partial charge in [-0.25, -0.2) is 4.98 Å². The summed E-state index contributed by atoms with van der Waals surface area (Å²) in [6.45, 7) is -1.38. The number of rotatable bonds is 7. The highest BCUT2D eigenvalue weighted by atomic mass is 19.4. The highest BCUT2D eigenvalue weighted by molar-refractivity contribution is 5.90. The van der Waals surface area contributed by atoms with Gasteiger partial charge in [0, 0.05) is 18.5 Å². The molecule has 0 aliphatic rings. The van der Waals surface area contributed by atoms with Crippen LogP contribution < -0.4 is 10.1 Å². The van der Waals surface area contributed by atoms with Crippen molar-refractivity contribution in [2.45, 2.75) is 19.0 Å². The number of hydrogen-bond donors (Lipinski definition) is 2. The van der Waals surface area contributed by atoms with E-state index in [1.165, 1.54) is 30.6 Å². The van der Waals surface area contributed by atoms with Crippen molar-refractivity contribution in [3.05, 3.63) is 36.5 Å². The van der Waals surface area contributed by atoms with Crippen LogP contribution in [0.1, 0.15) is 12.3 Å². The van der Waals surface area contributed by atoms with E-state index in [0.717, 1.165) is 0 Å². The average Bonchev–Trinajstić information content (AvgIpc) is 3.30. The third-order valence-electron chi connectivity index (χ3n) is 3.20. The van der Waals surface area contributed by atoms with Crippen LogP contribution in [0.25, 0.3) is 11.6 Å². The number of amides is 1. The van der Waals surface area contributed by atoms with Gasteiger partial charge >= 0.3 is 6.18 Å². The summed E-state index contributed by atoms with van der Waals surface area (Å²) < 4.78 is 45.9. The molecule has 0 saturated carbocycles. The van der Waals surface area contributed by atoms with Crippen molar-refractivity contribution in [1.29, 1.82) is 0 Å². The molecule has 2 heterocycles. The maximum atomic E-state index is 12.1. The molecule has 0 unspecified atom stereocenters. The van der Waals surface area contributed by atoms with Crippen LogP contribution in [0.2, 0.25) is 0 Å². The molecule has 2 N–H and O–H groups in total. The van der Waals surface area contributed by atoms with Gasteiger partial charge in [-0.2, -0.15) is 23.3 Å². The first-order valence-electron chi connectivity index (χ1n) is 7.67. The topological polar surface area (TPSA) is 119 Å². The Hall–Kier alpha value is -3.44. The van der Waals surface area contributed by atoms with Crippen molar-refractivity contribution in [2.75, 3.05) is 11.9 Å². The van der Waals surface area contributed by atoms with Gasteiger partial charge in [0.25, 0.3) is 0 Å². The number of alkyl halides is 3. The van der Waals surface area contributed by atoms with Crippen molar-refractivity contribution in [2.24, 2.45) is 0 Å². The van der Waals surface area contributed by atoms with Crippen LogP contribution >= 0.6 is 0 Å². The molecule has 0 aliphatic heterocycles.